The summed E-state index contributed by atoms with van der Waals surface area (Å²) in [7, 11) is 0. The summed E-state index contributed by atoms with van der Waals surface area (Å²) in [5.74, 6) is 0.118. The Bertz CT molecular complexity index is 446. The summed E-state index contributed by atoms with van der Waals surface area (Å²) in [4.78, 5) is 14.8. The number of hydrogen-bond acceptors (Lipinski definition) is 2. The van der Waals surface area contributed by atoms with E-state index in [9.17, 15) is 4.79 Å². The van der Waals surface area contributed by atoms with Crippen molar-refractivity contribution in [3.8, 4) is 0 Å². The Morgan fingerprint density at radius 1 is 1.21 bits per heavy atom. The van der Waals surface area contributed by atoms with Gasteiger partial charge in [0.15, 0.2) is 0 Å². The van der Waals surface area contributed by atoms with Gasteiger partial charge in [-0.3, -0.25) is 4.79 Å². The highest BCUT2D eigenvalue weighted by Crippen LogP contribution is 2.41. The molecule has 1 heterocycles. The van der Waals surface area contributed by atoms with Gasteiger partial charge in [-0.2, -0.15) is 0 Å². The van der Waals surface area contributed by atoms with Crippen LogP contribution < -0.4 is 0 Å². The number of hydrogen-bond donors (Lipinski definition) is 0. The van der Waals surface area contributed by atoms with Gasteiger partial charge in [-0.15, -0.1) is 0 Å². The quantitative estimate of drug-likeness (QED) is 0.775. The van der Waals surface area contributed by atoms with Crippen LogP contribution in [0, 0.1) is 0 Å². The molecule has 2 aliphatic rings. The van der Waals surface area contributed by atoms with E-state index in [1.807, 2.05) is 35.2 Å². The molecule has 0 N–H and O–H groups in total. The first kappa shape index (κ1) is 12.7. The average Bonchev–Trinajstić information content (AvgIpc) is 2.77. The third-order valence-corrected chi connectivity index (χ3v) is 4.35. The topological polar surface area (TPSA) is 29.5 Å². The van der Waals surface area contributed by atoms with Crippen molar-refractivity contribution in [1.29, 1.82) is 0 Å². The molecule has 1 aliphatic carbocycles. The van der Waals surface area contributed by atoms with Gasteiger partial charge in [0.25, 0.3) is 5.91 Å². The Morgan fingerprint density at radius 2 is 1.89 bits per heavy atom. The lowest BCUT2D eigenvalue weighted by Gasteiger charge is -2.41. The van der Waals surface area contributed by atoms with E-state index in [0.29, 0.717) is 6.61 Å². The number of ether oxygens (including phenoxy) is 1. The second-order valence-corrected chi connectivity index (χ2v) is 5.71. The van der Waals surface area contributed by atoms with Crippen LogP contribution in [-0.4, -0.2) is 29.2 Å². The minimum absolute atomic E-state index is 0.118. The molecule has 0 bridgehead atoms. The van der Waals surface area contributed by atoms with E-state index in [1.165, 1.54) is 6.42 Å². The first-order valence-electron chi connectivity index (χ1n) is 7.26. The summed E-state index contributed by atoms with van der Waals surface area (Å²) in [6.45, 7) is 2.75. The maximum atomic E-state index is 12.8. The number of nitrogens with zero attached hydrogens (tertiary/aromatic N) is 1. The van der Waals surface area contributed by atoms with E-state index in [1.54, 1.807) is 0 Å². The Balaban J connectivity index is 1.90. The lowest BCUT2D eigenvalue weighted by atomic mass is 9.90. The first-order chi connectivity index (χ1) is 9.23. The van der Waals surface area contributed by atoms with Gasteiger partial charge in [-0.05, 0) is 44.7 Å². The van der Waals surface area contributed by atoms with Crippen molar-refractivity contribution in [1.82, 2.24) is 4.90 Å². The standard InChI is InChI=1S/C16H21NO2/c1-13-12-19-16(10-6-3-7-11-16)17(13)15(18)14-8-4-2-5-9-14/h2,4-5,8-9,13H,3,6-7,10-12H2,1H3/t13-/m1/s1. The molecule has 19 heavy (non-hydrogen) atoms. The summed E-state index contributed by atoms with van der Waals surface area (Å²) < 4.78 is 6.05. The molecule has 2 fully saturated rings. The molecule has 1 aromatic rings. The van der Waals surface area contributed by atoms with Gasteiger partial charge in [0.2, 0.25) is 0 Å². The van der Waals surface area contributed by atoms with Crippen LogP contribution in [0.25, 0.3) is 0 Å². The third-order valence-electron chi connectivity index (χ3n) is 4.35. The Hall–Kier alpha value is -1.35. The zero-order chi connectivity index (χ0) is 13.3. The molecule has 1 aliphatic heterocycles. The zero-order valence-corrected chi connectivity index (χ0v) is 11.5. The number of carbonyl (C=O) groups is 1. The normalized spacial score (nSPS) is 25.7. The fourth-order valence-electron chi connectivity index (χ4n) is 3.42. The lowest BCUT2D eigenvalue weighted by Crippen LogP contribution is -2.51. The molecular formula is C16H21NO2. The highest BCUT2D eigenvalue weighted by atomic mass is 16.5. The summed E-state index contributed by atoms with van der Waals surface area (Å²) in [5, 5.41) is 0. The van der Waals surface area contributed by atoms with Crippen molar-refractivity contribution in [2.45, 2.75) is 50.8 Å². The molecule has 0 radical (unpaired) electrons. The smallest absolute Gasteiger partial charge is 0.256 e. The summed E-state index contributed by atoms with van der Waals surface area (Å²) in [5.41, 5.74) is 0.440. The fourth-order valence-corrected chi connectivity index (χ4v) is 3.42. The van der Waals surface area contributed by atoms with E-state index >= 15 is 0 Å². The minimum Gasteiger partial charge on any atom is -0.353 e. The zero-order valence-electron chi connectivity index (χ0n) is 11.5. The van der Waals surface area contributed by atoms with E-state index in [4.69, 9.17) is 4.74 Å². The molecule has 3 heteroatoms. The summed E-state index contributed by atoms with van der Waals surface area (Å²) in [6, 6.07) is 9.74. The predicted molar refractivity (Wildman–Crippen MR) is 73.8 cm³/mol. The molecule has 1 saturated carbocycles. The van der Waals surface area contributed by atoms with Crippen molar-refractivity contribution in [2.75, 3.05) is 6.61 Å². The highest BCUT2D eigenvalue weighted by molar-refractivity contribution is 5.95. The van der Waals surface area contributed by atoms with Crippen LogP contribution in [0.15, 0.2) is 30.3 Å². The molecule has 1 spiro atoms. The molecule has 0 unspecified atom stereocenters. The predicted octanol–water partition coefficient (Wildman–Crippen LogP) is 3.21. The van der Waals surface area contributed by atoms with Gasteiger partial charge in [-0.1, -0.05) is 24.6 Å². The molecule has 102 valence electrons. The number of rotatable bonds is 1. The molecule has 1 aromatic carbocycles. The van der Waals surface area contributed by atoms with Crippen LogP contribution in [0.3, 0.4) is 0 Å². The van der Waals surface area contributed by atoms with Gasteiger partial charge in [0, 0.05) is 5.56 Å². The maximum absolute atomic E-state index is 12.8. The van der Waals surface area contributed by atoms with Crippen LogP contribution in [0.4, 0.5) is 0 Å². The van der Waals surface area contributed by atoms with Crippen molar-refractivity contribution in [2.24, 2.45) is 0 Å². The van der Waals surface area contributed by atoms with E-state index in [2.05, 4.69) is 6.92 Å². The lowest BCUT2D eigenvalue weighted by molar-refractivity contribution is -0.0935. The number of carbonyl (C=O) groups excluding carboxylic acids is 1. The van der Waals surface area contributed by atoms with Crippen LogP contribution >= 0.6 is 0 Å². The van der Waals surface area contributed by atoms with Crippen molar-refractivity contribution >= 4 is 5.91 Å². The summed E-state index contributed by atoms with van der Waals surface area (Å²) >= 11 is 0. The van der Waals surface area contributed by atoms with Crippen LogP contribution in [0.5, 0.6) is 0 Å². The SMILES string of the molecule is C[C@@H]1COC2(CCCCC2)N1C(=O)c1ccccc1. The van der Waals surface area contributed by atoms with E-state index < -0.39 is 0 Å². The number of amides is 1. The first-order valence-corrected chi connectivity index (χ1v) is 7.26. The van der Waals surface area contributed by atoms with Gasteiger partial charge < -0.3 is 9.64 Å². The van der Waals surface area contributed by atoms with Gasteiger partial charge in [0.05, 0.1) is 12.6 Å². The van der Waals surface area contributed by atoms with Crippen molar-refractivity contribution < 1.29 is 9.53 Å². The highest BCUT2D eigenvalue weighted by Gasteiger charge is 2.48. The van der Waals surface area contributed by atoms with Crippen LogP contribution in [-0.2, 0) is 4.74 Å². The minimum atomic E-state index is -0.329. The second-order valence-electron chi connectivity index (χ2n) is 5.71. The molecule has 0 aromatic heterocycles. The fraction of sp³-hybridized carbons (Fsp3) is 0.562. The molecule has 3 nitrogen and oxygen atoms in total. The maximum Gasteiger partial charge on any atom is 0.256 e. The molecular weight excluding hydrogens is 238 g/mol. The van der Waals surface area contributed by atoms with Gasteiger partial charge in [-0.25, -0.2) is 0 Å². The Morgan fingerprint density at radius 3 is 2.58 bits per heavy atom. The molecule has 3 rings (SSSR count). The molecule has 1 saturated heterocycles. The van der Waals surface area contributed by atoms with Gasteiger partial charge in [0.1, 0.15) is 5.72 Å². The summed E-state index contributed by atoms with van der Waals surface area (Å²) in [6.07, 6.45) is 5.54. The largest absolute Gasteiger partial charge is 0.353 e. The number of benzene rings is 1. The second kappa shape index (κ2) is 4.97. The van der Waals surface area contributed by atoms with E-state index in [0.717, 1.165) is 31.2 Å². The Kier molecular flexibility index (Phi) is 3.31. The molecule has 1 atom stereocenters. The third kappa shape index (κ3) is 2.16. The van der Waals surface area contributed by atoms with Gasteiger partial charge >= 0.3 is 0 Å². The molecule has 1 amide bonds. The Labute approximate surface area is 114 Å². The monoisotopic (exact) mass is 259 g/mol. The average molecular weight is 259 g/mol. The van der Waals surface area contributed by atoms with E-state index in [-0.39, 0.29) is 17.7 Å². The van der Waals surface area contributed by atoms with Crippen molar-refractivity contribution in [3.63, 3.8) is 0 Å². The van der Waals surface area contributed by atoms with Crippen molar-refractivity contribution in [3.05, 3.63) is 35.9 Å². The van der Waals surface area contributed by atoms with Crippen LogP contribution in [0.2, 0.25) is 0 Å². The van der Waals surface area contributed by atoms with Crippen LogP contribution in [0.1, 0.15) is 49.4 Å².